The van der Waals surface area contributed by atoms with Gasteiger partial charge in [0.25, 0.3) is 0 Å². The van der Waals surface area contributed by atoms with Crippen LogP contribution < -0.4 is 11.1 Å². The number of nitrogens with one attached hydrogen (secondary N) is 1. The van der Waals surface area contributed by atoms with Gasteiger partial charge in [-0.25, -0.2) is 0 Å². The molecule has 18 heavy (non-hydrogen) atoms. The Kier molecular flexibility index (Phi) is 6.78. The van der Waals surface area contributed by atoms with Gasteiger partial charge in [-0.05, 0) is 81.1 Å². The van der Waals surface area contributed by atoms with E-state index in [2.05, 4.69) is 59.8 Å². The Balaban J connectivity index is 2.22. The minimum absolute atomic E-state index is 0.635. The van der Waals surface area contributed by atoms with Crippen molar-refractivity contribution in [1.29, 1.82) is 0 Å². The number of rotatable bonds is 7. The molecule has 0 aliphatic heterocycles. The normalized spacial score (nSPS) is 11.2. The van der Waals surface area contributed by atoms with Gasteiger partial charge in [0, 0.05) is 27.5 Å². The molecule has 0 bridgehead atoms. The van der Waals surface area contributed by atoms with Crippen LogP contribution in [0.15, 0.2) is 18.2 Å². The fraction of sp³-hybridized carbons (Fsp3) is 0.571. The molecule has 0 spiro atoms. The number of unbranched alkanes of at least 4 members (excludes halogenated alkanes) is 1. The molecule has 3 N–H and O–H groups in total. The average molecular weight is 361 g/mol. The van der Waals surface area contributed by atoms with Gasteiger partial charge < -0.3 is 16.0 Å². The van der Waals surface area contributed by atoms with Crippen LogP contribution in [0.5, 0.6) is 0 Å². The van der Waals surface area contributed by atoms with E-state index in [-0.39, 0.29) is 0 Å². The van der Waals surface area contributed by atoms with Crippen LogP contribution in [0, 0.1) is 3.57 Å². The minimum atomic E-state index is 0.635. The van der Waals surface area contributed by atoms with Crippen molar-refractivity contribution in [3.63, 3.8) is 0 Å². The average Bonchev–Trinajstić information content (AvgIpc) is 2.30. The first-order chi connectivity index (χ1) is 8.50. The zero-order valence-corrected chi connectivity index (χ0v) is 13.7. The van der Waals surface area contributed by atoms with Crippen LogP contribution in [0.3, 0.4) is 0 Å². The highest BCUT2D eigenvalue weighted by molar-refractivity contribution is 14.1. The molecule has 0 aromatic heterocycles. The summed E-state index contributed by atoms with van der Waals surface area (Å²) in [5.41, 5.74) is 7.73. The topological polar surface area (TPSA) is 41.3 Å². The molecule has 0 aliphatic carbocycles. The smallest absolute Gasteiger partial charge is 0.0477 e. The molecule has 0 aliphatic rings. The van der Waals surface area contributed by atoms with Crippen LogP contribution in [0.25, 0.3) is 0 Å². The Morgan fingerprint density at radius 1 is 1.33 bits per heavy atom. The number of benzene rings is 1. The first-order valence-corrected chi connectivity index (χ1v) is 7.57. The highest BCUT2D eigenvalue weighted by Gasteiger charge is 2.02. The number of nitrogen functional groups attached to an aromatic ring is 1. The molecule has 0 fully saturated rings. The lowest BCUT2D eigenvalue weighted by Crippen LogP contribution is -2.27. The molecule has 1 aromatic rings. The van der Waals surface area contributed by atoms with Gasteiger partial charge in [0.1, 0.15) is 0 Å². The molecule has 102 valence electrons. The Morgan fingerprint density at radius 3 is 2.67 bits per heavy atom. The summed E-state index contributed by atoms with van der Waals surface area (Å²) in [5.74, 6) is 0. The van der Waals surface area contributed by atoms with Crippen LogP contribution in [0.1, 0.15) is 26.7 Å². The molecule has 1 rings (SSSR count). The molecule has 0 saturated heterocycles. The van der Waals surface area contributed by atoms with Crippen molar-refractivity contribution in [2.24, 2.45) is 0 Å². The summed E-state index contributed by atoms with van der Waals surface area (Å²) in [6.45, 7) is 6.65. The predicted molar refractivity (Wildman–Crippen MR) is 89.1 cm³/mol. The molecular formula is C14H24IN3. The highest BCUT2D eigenvalue weighted by Crippen LogP contribution is 2.20. The molecule has 0 unspecified atom stereocenters. The molecule has 3 nitrogen and oxygen atoms in total. The molecule has 4 heteroatoms. The predicted octanol–water partition coefficient (Wildman–Crippen LogP) is 3.41. The standard InChI is InChI=1S/C14H24IN3/c1-11(2)18(3)9-5-4-8-17-14-7-6-12(16)10-13(14)15/h6-7,10-11,17H,4-5,8-9,16H2,1-3H3. The highest BCUT2D eigenvalue weighted by atomic mass is 127. The lowest BCUT2D eigenvalue weighted by atomic mass is 10.2. The molecule has 0 atom stereocenters. The Morgan fingerprint density at radius 2 is 2.06 bits per heavy atom. The van der Waals surface area contributed by atoms with Gasteiger partial charge in [0.15, 0.2) is 0 Å². The van der Waals surface area contributed by atoms with Crippen molar-refractivity contribution in [2.45, 2.75) is 32.7 Å². The summed E-state index contributed by atoms with van der Waals surface area (Å²) >= 11 is 2.32. The second-order valence-electron chi connectivity index (χ2n) is 4.95. The molecular weight excluding hydrogens is 337 g/mol. The number of anilines is 2. The van der Waals surface area contributed by atoms with E-state index in [0.717, 1.165) is 18.8 Å². The summed E-state index contributed by atoms with van der Waals surface area (Å²) in [7, 11) is 2.18. The van der Waals surface area contributed by atoms with E-state index >= 15 is 0 Å². The maximum absolute atomic E-state index is 5.73. The molecule has 0 saturated carbocycles. The summed E-state index contributed by atoms with van der Waals surface area (Å²) < 4.78 is 1.19. The zero-order chi connectivity index (χ0) is 13.5. The van der Waals surface area contributed by atoms with Gasteiger partial charge >= 0.3 is 0 Å². The first kappa shape index (κ1) is 15.6. The van der Waals surface area contributed by atoms with E-state index < -0.39 is 0 Å². The summed E-state index contributed by atoms with van der Waals surface area (Å²) in [6, 6.07) is 6.63. The maximum Gasteiger partial charge on any atom is 0.0477 e. The molecule has 0 heterocycles. The molecule has 1 aromatic carbocycles. The van der Waals surface area contributed by atoms with E-state index in [1.54, 1.807) is 0 Å². The monoisotopic (exact) mass is 361 g/mol. The summed E-state index contributed by atoms with van der Waals surface area (Å²) in [4.78, 5) is 2.38. The minimum Gasteiger partial charge on any atom is -0.399 e. The number of hydrogen-bond acceptors (Lipinski definition) is 3. The quantitative estimate of drug-likeness (QED) is 0.444. The fourth-order valence-corrected chi connectivity index (χ4v) is 2.37. The van der Waals surface area contributed by atoms with E-state index in [9.17, 15) is 0 Å². The van der Waals surface area contributed by atoms with Crippen LogP contribution in [-0.4, -0.2) is 31.1 Å². The van der Waals surface area contributed by atoms with Crippen molar-refractivity contribution in [1.82, 2.24) is 4.90 Å². The SMILES string of the molecule is CC(C)N(C)CCCCNc1ccc(N)cc1I. The van der Waals surface area contributed by atoms with Crippen molar-refractivity contribution in [2.75, 3.05) is 31.2 Å². The Labute approximate surface area is 124 Å². The Bertz CT molecular complexity index is 366. The number of hydrogen-bond donors (Lipinski definition) is 2. The summed E-state index contributed by atoms with van der Waals surface area (Å²) in [5, 5.41) is 3.46. The van der Waals surface area contributed by atoms with E-state index in [4.69, 9.17) is 5.73 Å². The number of nitrogens with zero attached hydrogens (tertiary/aromatic N) is 1. The molecule has 0 radical (unpaired) electrons. The van der Waals surface area contributed by atoms with Crippen molar-refractivity contribution in [3.8, 4) is 0 Å². The van der Waals surface area contributed by atoms with Crippen molar-refractivity contribution < 1.29 is 0 Å². The first-order valence-electron chi connectivity index (χ1n) is 6.50. The largest absolute Gasteiger partial charge is 0.399 e. The second kappa shape index (κ2) is 7.84. The van der Waals surface area contributed by atoms with Gasteiger partial charge in [-0.3, -0.25) is 0 Å². The van der Waals surface area contributed by atoms with E-state index in [1.807, 2.05) is 12.1 Å². The number of halogens is 1. The van der Waals surface area contributed by atoms with Gasteiger partial charge in [-0.2, -0.15) is 0 Å². The lowest BCUT2D eigenvalue weighted by molar-refractivity contribution is 0.269. The van der Waals surface area contributed by atoms with Crippen LogP contribution in [0.2, 0.25) is 0 Å². The second-order valence-corrected chi connectivity index (χ2v) is 6.11. The number of nitrogens with two attached hydrogens (primary N) is 1. The van der Waals surface area contributed by atoms with Gasteiger partial charge in [-0.15, -0.1) is 0 Å². The van der Waals surface area contributed by atoms with E-state index in [1.165, 1.54) is 22.1 Å². The van der Waals surface area contributed by atoms with Crippen molar-refractivity contribution >= 4 is 34.0 Å². The fourth-order valence-electron chi connectivity index (χ4n) is 1.64. The van der Waals surface area contributed by atoms with Gasteiger partial charge in [0.05, 0.1) is 0 Å². The Hall–Kier alpha value is -0.490. The summed E-state index contributed by atoms with van der Waals surface area (Å²) in [6.07, 6.45) is 2.42. The van der Waals surface area contributed by atoms with Gasteiger partial charge in [-0.1, -0.05) is 0 Å². The van der Waals surface area contributed by atoms with Gasteiger partial charge in [0.2, 0.25) is 0 Å². The third kappa shape index (κ3) is 5.44. The van der Waals surface area contributed by atoms with Crippen LogP contribution >= 0.6 is 22.6 Å². The molecule has 0 amide bonds. The maximum atomic E-state index is 5.73. The van der Waals surface area contributed by atoms with Crippen molar-refractivity contribution in [3.05, 3.63) is 21.8 Å². The lowest BCUT2D eigenvalue weighted by Gasteiger charge is -2.20. The van der Waals surface area contributed by atoms with Crippen LogP contribution in [0.4, 0.5) is 11.4 Å². The third-order valence-electron chi connectivity index (χ3n) is 3.13. The zero-order valence-electron chi connectivity index (χ0n) is 11.5. The van der Waals surface area contributed by atoms with E-state index in [0.29, 0.717) is 6.04 Å². The third-order valence-corrected chi connectivity index (χ3v) is 4.02. The van der Waals surface area contributed by atoms with Crippen LogP contribution in [-0.2, 0) is 0 Å².